The van der Waals surface area contributed by atoms with Gasteiger partial charge in [-0.2, -0.15) is 0 Å². The summed E-state index contributed by atoms with van der Waals surface area (Å²) in [5.41, 5.74) is 5.85. The van der Waals surface area contributed by atoms with Crippen molar-refractivity contribution in [2.24, 2.45) is 5.92 Å². The zero-order chi connectivity index (χ0) is 54.8. The third-order valence-corrected chi connectivity index (χ3v) is 11.9. The number of phenols is 10. The predicted molar refractivity (Wildman–Crippen MR) is 293 cm³/mol. The number of allylic oxidation sites excluding steroid dienone is 2. The van der Waals surface area contributed by atoms with Gasteiger partial charge < -0.3 is 76.2 Å². The Labute approximate surface area is 432 Å². The molecule has 0 aliphatic carbocycles. The second kappa shape index (κ2) is 23.3. The van der Waals surface area contributed by atoms with Crippen LogP contribution in [0.3, 0.4) is 0 Å². The average Bonchev–Trinajstić information content (AvgIpc) is 3.45. The highest BCUT2D eigenvalue weighted by Crippen LogP contribution is 2.60. The maximum Gasteiger partial charge on any atom is 0.208 e. The van der Waals surface area contributed by atoms with E-state index in [4.69, 9.17) is 10.2 Å². The largest absolute Gasteiger partial charge is 0.508 e. The quantitative estimate of drug-likeness (QED) is 0.0221. The SMILES string of the molecule is C=CC(=C)C(C)/C(O)=C(/O)C(=C)O.CC.Oc1c(O)c(O)c(N(c2ccc(-c3ccccc3)cc2)c2cccc(-c3cccc(N(c4ccc(-c5ccccc5)cc4)c4c(O)c(O)c(O)c(O)c4O)c3)c2)c(O)c1O. The molecule has 75 heavy (non-hydrogen) atoms. The first kappa shape index (κ1) is 54.1. The van der Waals surface area contributed by atoms with E-state index in [-0.39, 0.29) is 5.76 Å². The predicted octanol–water partition coefficient (Wildman–Crippen LogP) is 14.5. The Hall–Kier alpha value is -10.3. The standard InChI is InChI=1S/C48H36N2O10.C10H14O3.C2H6/c51-39-37(40(52)44(56)47(59)43(39)55)49(33-21-17-29(18-22-33)27-9-3-1-4-10-27)35-15-7-13-31(25-35)32-14-8-16-36(26-32)50(38-41(53)45(57)48(60)46(58)42(38)54)34-23-19-30(20-24-34)28-11-5-2-6-12-28;1-5-6(2)7(3)9(12)10(13)8(4)11;1-2/h1-26,51-60H;5,7,11-13H,1-2,4H2,3H3;1-2H3/b;10-9-;. The summed E-state index contributed by atoms with van der Waals surface area (Å²) in [5, 5.41) is 135. The van der Waals surface area contributed by atoms with Crippen LogP contribution in [-0.2, 0) is 0 Å². The van der Waals surface area contributed by atoms with Crippen molar-refractivity contribution in [1.82, 2.24) is 0 Å². The first-order chi connectivity index (χ1) is 35.9. The highest BCUT2D eigenvalue weighted by molar-refractivity contribution is 5.93. The smallest absolute Gasteiger partial charge is 0.208 e. The van der Waals surface area contributed by atoms with E-state index in [1.165, 1.54) is 15.9 Å². The number of rotatable bonds is 13. The second-order valence-electron chi connectivity index (χ2n) is 16.5. The van der Waals surface area contributed by atoms with Gasteiger partial charge in [0.1, 0.15) is 17.1 Å². The van der Waals surface area contributed by atoms with Gasteiger partial charge in [-0.1, -0.05) is 156 Å². The summed E-state index contributed by atoms with van der Waals surface area (Å²) >= 11 is 0. The van der Waals surface area contributed by atoms with Crippen LogP contribution in [-0.4, -0.2) is 66.4 Å². The summed E-state index contributed by atoms with van der Waals surface area (Å²) in [7, 11) is 0. The Kier molecular flexibility index (Phi) is 16.8. The summed E-state index contributed by atoms with van der Waals surface area (Å²) in [4.78, 5) is 2.79. The zero-order valence-electron chi connectivity index (χ0n) is 41.0. The molecule has 0 spiro atoms. The summed E-state index contributed by atoms with van der Waals surface area (Å²) in [6.45, 7) is 15.8. The van der Waals surface area contributed by atoms with Gasteiger partial charge in [0.2, 0.25) is 34.5 Å². The van der Waals surface area contributed by atoms with E-state index in [2.05, 4.69) is 19.7 Å². The maximum absolute atomic E-state index is 11.2. The van der Waals surface area contributed by atoms with Crippen LogP contribution in [0, 0.1) is 5.92 Å². The van der Waals surface area contributed by atoms with Crippen LogP contribution in [0.2, 0.25) is 0 Å². The molecule has 0 bridgehead atoms. The first-order valence-corrected chi connectivity index (χ1v) is 23.2. The number of aromatic hydroxyl groups is 10. The Morgan fingerprint density at radius 2 is 0.680 bits per heavy atom. The Bertz CT molecular complexity index is 3140. The number of benzene rings is 8. The number of aliphatic hydroxyl groups is 3. The molecule has 0 radical (unpaired) electrons. The lowest BCUT2D eigenvalue weighted by molar-refractivity contribution is 0.265. The number of hydrogen-bond donors (Lipinski definition) is 13. The van der Waals surface area contributed by atoms with Crippen molar-refractivity contribution in [3.8, 4) is 90.9 Å². The number of nitrogens with zero attached hydrogens (tertiary/aromatic N) is 2. The molecule has 0 saturated heterocycles. The van der Waals surface area contributed by atoms with Crippen molar-refractivity contribution in [3.63, 3.8) is 0 Å². The molecule has 8 aromatic rings. The molecule has 13 N–H and O–H groups in total. The van der Waals surface area contributed by atoms with Crippen molar-refractivity contribution in [3.05, 3.63) is 206 Å². The minimum Gasteiger partial charge on any atom is -0.508 e. The number of anilines is 6. The van der Waals surface area contributed by atoms with Gasteiger partial charge in [-0.15, -0.1) is 0 Å². The molecule has 0 amide bonds. The van der Waals surface area contributed by atoms with Gasteiger partial charge in [0, 0.05) is 28.7 Å². The van der Waals surface area contributed by atoms with Crippen LogP contribution in [0.25, 0.3) is 33.4 Å². The lowest BCUT2D eigenvalue weighted by atomic mass is 9.99. The van der Waals surface area contributed by atoms with Crippen molar-refractivity contribution < 1.29 is 66.4 Å². The monoisotopic (exact) mass is 1010 g/mol. The van der Waals surface area contributed by atoms with E-state index in [1.54, 1.807) is 79.7 Å². The van der Waals surface area contributed by atoms with Gasteiger partial charge in [0.15, 0.2) is 34.5 Å². The molecule has 15 heteroatoms. The molecule has 0 aromatic heterocycles. The van der Waals surface area contributed by atoms with Crippen LogP contribution in [0.1, 0.15) is 20.8 Å². The van der Waals surface area contributed by atoms with Gasteiger partial charge in [-0.3, -0.25) is 0 Å². The van der Waals surface area contributed by atoms with Gasteiger partial charge in [-0.25, -0.2) is 0 Å². The summed E-state index contributed by atoms with van der Waals surface area (Å²) in [6, 6.07) is 47.0. The van der Waals surface area contributed by atoms with E-state index in [9.17, 15) is 56.2 Å². The number of hydrogen-bond acceptors (Lipinski definition) is 15. The van der Waals surface area contributed by atoms with E-state index in [1.807, 2.05) is 98.8 Å². The Morgan fingerprint density at radius 1 is 0.387 bits per heavy atom. The third-order valence-electron chi connectivity index (χ3n) is 11.9. The van der Waals surface area contributed by atoms with Crippen molar-refractivity contribution >= 4 is 34.1 Å². The number of phenolic OH excluding ortho intramolecular Hbond substituents is 10. The molecule has 0 fully saturated rings. The Morgan fingerprint density at radius 3 is 0.987 bits per heavy atom. The van der Waals surface area contributed by atoms with Gasteiger partial charge in [-0.05, 0) is 87.5 Å². The molecular formula is C60H56N2O13. The second-order valence-corrected chi connectivity index (χ2v) is 16.5. The fraction of sp³-hybridized carbons (Fsp3) is 0.0667. The van der Waals surface area contributed by atoms with Gasteiger partial charge in [0.25, 0.3) is 0 Å². The molecular weight excluding hydrogens is 957 g/mol. The minimum atomic E-state index is -1.11. The Balaban J connectivity index is 0.000000534. The van der Waals surface area contributed by atoms with Crippen LogP contribution >= 0.6 is 0 Å². The highest BCUT2D eigenvalue weighted by atomic mass is 16.4. The van der Waals surface area contributed by atoms with Crippen molar-refractivity contribution in [2.45, 2.75) is 20.8 Å². The first-order valence-electron chi connectivity index (χ1n) is 23.2. The average molecular weight is 1010 g/mol. The van der Waals surface area contributed by atoms with Crippen molar-refractivity contribution in [2.75, 3.05) is 9.80 Å². The van der Waals surface area contributed by atoms with Crippen molar-refractivity contribution in [1.29, 1.82) is 0 Å². The maximum atomic E-state index is 11.2. The molecule has 0 aliphatic rings. The van der Waals surface area contributed by atoms with E-state index < -0.39 is 86.3 Å². The molecule has 1 atom stereocenters. The molecule has 384 valence electrons. The lowest BCUT2D eigenvalue weighted by Crippen LogP contribution is -2.11. The van der Waals surface area contributed by atoms with Crippen LogP contribution in [0.15, 0.2) is 206 Å². The van der Waals surface area contributed by atoms with Crippen LogP contribution in [0.5, 0.6) is 57.5 Å². The van der Waals surface area contributed by atoms with E-state index in [0.29, 0.717) is 39.4 Å². The highest BCUT2D eigenvalue weighted by Gasteiger charge is 2.31. The van der Waals surface area contributed by atoms with Gasteiger partial charge in [0.05, 0.1) is 0 Å². The summed E-state index contributed by atoms with van der Waals surface area (Å²) in [5.74, 6) is -12.1. The van der Waals surface area contributed by atoms with Crippen LogP contribution in [0.4, 0.5) is 34.1 Å². The molecule has 0 saturated carbocycles. The topological polar surface area (TPSA) is 269 Å². The van der Waals surface area contributed by atoms with Crippen LogP contribution < -0.4 is 9.80 Å². The summed E-state index contributed by atoms with van der Waals surface area (Å²) < 4.78 is 0. The molecule has 15 nitrogen and oxygen atoms in total. The molecule has 0 heterocycles. The summed E-state index contributed by atoms with van der Waals surface area (Å²) in [6.07, 6.45) is 1.47. The third kappa shape index (κ3) is 11.1. The number of aliphatic hydroxyl groups excluding tert-OH is 3. The molecule has 1 unspecified atom stereocenters. The van der Waals surface area contributed by atoms with E-state index >= 15 is 0 Å². The molecule has 8 rings (SSSR count). The minimum absolute atomic E-state index is 0.331. The lowest BCUT2D eigenvalue weighted by Gasteiger charge is -2.29. The molecule has 8 aromatic carbocycles. The zero-order valence-corrected chi connectivity index (χ0v) is 41.0. The normalized spacial score (nSPS) is 11.3. The fourth-order valence-electron chi connectivity index (χ4n) is 7.81. The fourth-order valence-corrected chi connectivity index (χ4v) is 7.81. The van der Waals surface area contributed by atoms with Gasteiger partial charge >= 0.3 is 0 Å². The molecule has 0 aliphatic heterocycles. The van der Waals surface area contributed by atoms with E-state index in [0.717, 1.165) is 22.3 Å².